The summed E-state index contributed by atoms with van der Waals surface area (Å²) in [6.45, 7) is 1.78. The predicted molar refractivity (Wildman–Crippen MR) is 75.9 cm³/mol. The molecule has 6 heteroatoms. The van der Waals surface area contributed by atoms with Gasteiger partial charge < -0.3 is 5.73 Å². The van der Waals surface area contributed by atoms with Crippen molar-refractivity contribution in [3.8, 4) is 6.07 Å². The molecule has 0 heterocycles. The number of nitriles is 1. The standard InChI is InChI=1S/C15H11F3N2S/c1-9-4-2-7-12(13(9)20)21-14-10(8-19)5-3-6-11(14)15(16,17)18/h2-7H,20H2,1H3. The third-order valence-corrected chi connectivity index (χ3v) is 4.16. The van der Waals surface area contributed by atoms with Gasteiger partial charge in [-0.25, -0.2) is 0 Å². The highest BCUT2D eigenvalue weighted by atomic mass is 32.2. The van der Waals surface area contributed by atoms with Gasteiger partial charge in [-0.15, -0.1) is 0 Å². The second-order valence-corrected chi connectivity index (χ2v) is 5.43. The molecule has 2 aromatic carbocycles. The van der Waals surface area contributed by atoms with E-state index in [1.54, 1.807) is 31.2 Å². The van der Waals surface area contributed by atoms with Crippen LogP contribution in [0.5, 0.6) is 0 Å². The smallest absolute Gasteiger partial charge is 0.398 e. The SMILES string of the molecule is Cc1cccc(Sc2c(C#N)cccc2C(F)(F)F)c1N. The van der Waals surface area contributed by atoms with Crippen molar-refractivity contribution in [2.24, 2.45) is 0 Å². The van der Waals surface area contributed by atoms with Crippen LogP contribution in [0.1, 0.15) is 16.7 Å². The van der Waals surface area contributed by atoms with Crippen LogP contribution in [0.2, 0.25) is 0 Å². The summed E-state index contributed by atoms with van der Waals surface area (Å²) >= 11 is 0.866. The molecule has 0 spiro atoms. The number of para-hydroxylation sites is 1. The van der Waals surface area contributed by atoms with Crippen LogP contribution in [-0.2, 0) is 6.18 Å². The molecule has 0 saturated carbocycles. The second-order valence-electron chi connectivity index (χ2n) is 4.38. The first-order valence-electron chi connectivity index (χ1n) is 5.98. The van der Waals surface area contributed by atoms with Crippen LogP contribution in [0.4, 0.5) is 18.9 Å². The van der Waals surface area contributed by atoms with E-state index in [0.717, 1.165) is 23.4 Å². The van der Waals surface area contributed by atoms with E-state index < -0.39 is 11.7 Å². The third-order valence-electron chi connectivity index (χ3n) is 2.94. The second kappa shape index (κ2) is 5.70. The molecule has 0 aliphatic rings. The Bertz CT molecular complexity index is 718. The minimum absolute atomic E-state index is 0.0178. The van der Waals surface area contributed by atoms with E-state index in [9.17, 15) is 13.2 Å². The molecule has 0 bridgehead atoms. The largest absolute Gasteiger partial charge is 0.417 e. The monoisotopic (exact) mass is 308 g/mol. The molecule has 0 unspecified atom stereocenters. The normalized spacial score (nSPS) is 11.2. The first-order valence-corrected chi connectivity index (χ1v) is 6.79. The quantitative estimate of drug-likeness (QED) is 0.824. The molecule has 2 nitrogen and oxygen atoms in total. The molecule has 0 aromatic heterocycles. The van der Waals surface area contributed by atoms with Gasteiger partial charge in [0.25, 0.3) is 0 Å². The lowest BCUT2D eigenvalue weighted by molar-refractivity contribution is -0.139. The highest BCUT2D eigenvalue weighted by Gasteiger charge is 2.34. The Morgan fingerprint density at radius 1 is 1.14 bits per heavy atom. The van der Waals surface area contributed by atoms with E-state index in [0.29, 0.717) is 10.6 Å². The van der Waals surface area contributed by atoms with Crippen molar-refractivity contribution in [2.45, 2.75) is 22.9 Å². The van der Waals surface area contributed by atoms with E-state index in [1.165, 1.54) is 12.1 Å². The number of hydrogen-bond acceptors (Lipinski definition) is 3. The lowest BCUT2D eigenvalue weighted by Gasteiger charge is -2.15. The zero-order chi connectivity index (χ0) is 15.6. The van der Waals surface area contributed by atoms with Gasteiger partial charge in [-0.3, -0.25) is 0 Å². The Morgan fingerprint density at radius 2 is 1.81 bits per heavy atom. The Labute approximate surface area is 124 Å². The molecular weight excluding hydrogens is 297 g/mol. The zero-order valence-corrected chi connectivity index (χ0v) is 11.8. The van der Waals surface area contributed by atoms with E-state index in [-0.39, 0.29) is 10.5 Å². The summed E-state index contributed by atoms with van der Waals surface area (Å²) in [6, 6.07) is 10.5. The van der Waals surface area contributed by atoms with Crippen molar-refractivity contribution < 1.29 is 13.2 Å². The van der Waals surface area contributed by atoms with Crippen LogP contribution in [0.3, 0.4) is 0 Å². The number of nitrogens with two attached hydrogens (primary N) is 1. The minimum atomic E-state index is -4.52. The average molecular weight is 308 g/mol. The average Bonchev–Trinajstić information content (AvgIpc) is 2.43. The van der Waals surface area contributed by atoms with Gasteiger partial charge in [0.1, 0.15) is 6.07 Å². The first-order chi connectivity index (χ1) is 9.84. The number of nitrogens with zero attached hydrogens (tertiary/aromatic N) is 1. The summed E-state index contributed by atoms with van der Waals surface area (Å²) in [5.74, 6) is 0. The van der Waals surface area contributed by atoms with Gasteiger partial charge in [-0.1, -0.05) is 30.0 Å². The number of halogens is 3. The maximum absolute atomic E-state index is 13.1. The number of hydrogen-bond donors (Lipinski definition) is 1. The summed E-state index contributed by atoms with van der Waals surface area (Å²) in [6.07, 6.45) is -4.52. The van der Waals surface area contributed by atoms with Gasteiger partial charge in [0.2, 0.25) is 0 Å². The van der Waals surface area contributed by atoms with Gasteiger partial charge in [0, 0.05) is 15.5 Å². The van der Waals surface area contributed by atoms with Crippen LogP contribution in [0.15, 0.2) is 46.2 Å². The highest BCUT2D eigenvalue weighted by Crippen LogP contribution is 2.43. The van der Waals surface area contributed by atoms with Crippen molar-refractivity contribution in [1.29, 1.82) is 5.26 Å². The maximum Gasteiger partial charge on any atom is 0.417 e. The predicted octanol–water partition coefficient (Wildman–Crippen LogP) is 4.62. The van der Waals surface area contributed by atoms with Crippen molar-refractivity contribution in [1.82, 2.24) is 0 Å². The fraction of sp³-hybridized carbons (Fsp3) is 0.133. The summed E-state index contributed by atoms with van der Waals surface area (Å²) < 4.78 is 39.3. The van der Waals surface area contributed by atoms with Crippen LogP contribution in [0, 0.1) is 18.3 Å². The number of aryl methyl sites for hydroxylation is 1. The molecule has 2 aromatic rings. The van der Waals surface area contributed by atoms with Crippen LogP contribution in [-0.4, -0.2) is 0 Å². The van der Waals surface area contributed by atoms with Gasteiger partial charge in [-0.2, -0.15) is 18.4 Å². The van der Waals surface area contributed by atoms with Crippen molar-refractivity contribution in [2.75, 3.05) is 5.73 Å². The summed E-state index contributed by atoms with van der Waals surface area (Å²) in [5.41, 5.74) is 6.25. The third kappa shape index (κ3) is 3.14. The number of alkyl halides is 3. The van der Waals surface area contributed by atoms with E-state index in [1.807, 2.05) is 0 Å². The molecule has 2 N–H and O–H groups in total. The van der Waals surface area contributed by atoms with Crippen LogP contribution in [0.25, 0.3) is 0 Å². The molecule has 0 aliphatic carbocycles. The number of nitrogen functional groups attached to an aromatic ring is 1. The van der Waals surface area contributed by atoms with Gasteiger partial charge in [0.15, 0.2) is 0 Å². The maximum atomic E-state index is 13.1. The molecule has 0 atom stereocenters. The Kier molecular flexibility index (Phi) is 4.14. The van der Waals surface area contributed by atoms with E-state index in [4.69, 9.17) is 11.0 Å². The van der Waals surface area contributed by atoms with Crippen LogP contribution < -0.4 is 5.73 Å². The van der Waals surface area contributed by atoms with E-state index in [2.05, 4.69) is 0 Å². The summed E-state index contributed by atoms with van der Waals surface area (Å²) in [4.78, 5) is 0.382. The lowest BCUT2D eigenvalue weighted by Crippen LogP contribution is -2.08. The fourth-order valence-corrected chi connectivity index (χ4v) is 2.97. The molecule has 0 aliphatic heterocycles. The molecule has 21 heavy (non-hydrogen) atoms. The van der Waals surface area contributed by atoms with Crippen molar-refractivity contribution in [3.63, 3.8) is 0 Å². The highest BCUT2D eigenvalue weighted by molar-refractivity contribution is 7.99. The van der Waals surface area contributed by atoms with Crippen LogP contribution >= 0.6 is 11.8 Å². The minimum Gasteiger partial charge on any atom is -0.398 e. The number of rotatable bonds is 2. The molecular formula is C15H11F3N2S. The molecule has 0 amide bonds. The van der Waals surface area contributed by atoms with E-state index >= 15 is 0 Å². The molecule has 2 rings (SSSR count). The van der Waals surface area contributed by atoms with Crippen molar-refractivity contribution >= 4 is 17.4 Å². The fourth-order valence-electron chi connectivity index (χ4n) is 1.81. The van der Waals surface area contributed by atoms with Gasteiger partial charge >= 0.3 is 6.18 Å². The lowest BCUT2D eigenvalue weighted by atomic mass is 10.1. The molecule has 0 fully saturated rings. The molecule has 0 saturated heterocycles. The summed E-state index contributed by atoms with van der Waals surface area (Å²) in [7, 11) is 0. The first kappa shape index (κ1) is 15.3. The Hall–Kier alpha value is -2.13. The topological polar surface area (TPSA) is 49.8 Å². The Balaban J connectivity index is 2.58. The number of benzene rings is 2. The Morgan fingerprint density at radius 3 is 2.43 bits per heavy atom. The van der Waals surface area contributed by atoms with Gasteiger partial charge in [0.05, 0.1) is 11.1 Å². The number of anilines is 1. The summed E-state index contributed by atoms with van der Waals surface area (Å²) in [5, 5.41) is 9.05. The van der Waals surface area contributed by atoms with Crippen molar-refractivity contribution in [3.05, 3.63) is 53.1 Å². The zero-order valence-electron chi connectivity index (χ0n) is 11.0. The molecule has 108 valence electrons. The van der Waals surface area contributed by atoms with Gasteiger partial charge in [-0.05, 0) is 30.7 Å². The molecule has 0 radical (unpaired) electrons.